The van der Waals surface area contributed by atoms with E-state index >= 15 is 0 Å². The van der Waals surface area contributed by atoms with Crippen molar-refractivity contribution >= 4 is 5.97 Å². The van der Waals surface area contributed by atoms with E-state index in [2.05, 4.69) is 17.4 Å². The van der Waals surface area contributed by atoms with Crippen molar-refractivity contribution in [2.45, 2.75) is 57.4 Å². The van der Waals surface area contributed by atoms with Gasteiger partial charge in [-0.3, -0.25) is 13.9 Å². The zero-order chi connectivity index (χ0) is 20.4. The van der Waals surface area contributed by atoms with E-state index in [0.29, 0.717) is 12.3 Å². The van der Waals surface area contributed by atoms with E-state index in [0.717, 1.165) is 57.3 Å². The number of hydrogen-bond donors (Lipinski definition) is 3. The molecule has 29 heavy (non-hydrogen) atoms. The lowest BCUT2D eigenvalue weighted by Gasteiger charge is -2.28. The number of aromatic nitrogens is 2. The number of nitrogens with zero attached hydrogens (tertiary/aromatic N) is 2. The molecule has 1 aliphatic heterocycles. The molecule has 0 radical (unpaired) electrons. The van der Waals surface area contributed by atoms with Gasteiger partial charge in [0.15, 0.2) is 0 Å². The van der Waals surface area contributed by atoms with Crippen LogP contribution in [0.2, 0.25) is 0 Å². The third kappa shape index (κ3) is 4.24. The second-order valence-electron chi connectivity index (χ2n) is 8.32. The summed E-state index contributed by atoms with van der Waals surface area (Å²) in [5.74, 6) is -0.365. The first-order chi connectivity index (χ1) is 14.0. The highest BCUT2D eigenvalue weighted by atomic mass is 16.4. The Balaban J connectivity index is 1.53. The van der Waals surface area contributed by atoms with Crippen molar-refractivity contribution in [3.63, 3.8) is 0 Å². The van der Waals surface area contributed by atoms with Crippen molar-refractivity contribution in [3.05, 3.63) is 46.0 Å². The van der Waals surface area contributed by atoms with E-state index in [-0.39, 0.29) is 24.0 Å². The first kappa shape index (κ1) is 19.8. The van der Waals surface area contributed by atoms with Crippen LogP contribution in [0.25, 0.3) is 5.69 Å². The van der Waals surface area contributed by atoms with Crippen molar-refractivity contribution in [2.24, 2.45) is 5.92 Å². The van der Waals surface area contributed by atoms with E-state index in [1.807, 2.05) is 6.07 Å². The van der Waals surface area contributed by atoms with Gasteiger partial charge in [-0.05, 0) is 87.2 Å². The number of carbonyl (C=O) groups is 1. The molecule has 0 unspecified atom stereocenters. The molecule has 1 saturated carbocycles. The molecular weight excluding hydrogens is 370 g/mol. The van der Waals surface area contributed by atoms with Crippen LogP contribution in [0.15, 0.2) is 29.2 Å². The van der Waals surface area contributed by atoms with Gasteiger partial charge in [-0.15, -0.1) is 0 Å². The Morgan fingerprint density at radius 2 is 1.83 bits per heavy atom. The van der Waals surface area contributed by atoms with Crippen LogP contribution in [-0.4, -0.2) is 38.4 Å². The summed E-state index contributed by atoms with van der Waals surface area (Å²) < 4.78 is 3.06. The molecular formula is C22H29N3O4. The van der Waals surface area contributed by atoms with Crippen LogP contribution in [-0.2, 0) is 17.6 Å². The van der Waals surface area contributed by atoms with Crippen molar-refractivity contribution in [1.29, 1.82) is 0 Å². The molecule has 7 nitrogen and oxygen atoms in total. The largest absolute Gasteiger partial charge is 0.493 e. The predicted octanol–water partition coefficient (Wildman–Crippen LogP) is 2.63. The van der Waals surface area contributed by atoms with Gasteiger partial charge < -0.3 is 15.5 Å². The average Bonchev–Trinajstić information content (AvgIpc) is 2.88. The summed E-state index contributed by atoms with van der Waals surface area (Å²) in [5.41, 5.74) is 3.16. The predicted molar refractivity (Wildman–Crippen MR) is 110 cm³/mol. The van der Waals surface area contributed by atoms with Gasteiger partial charge in [0.25, 0.3) is 0 Å². The summed E-state index contributed by atoms with van der Waals surface area (Å²) >= 11 is 0. The van der Waals surface area contributed by atoms with Gasteiger partial charge in [0.05, 0.1) is 11.9 Å². The fourth-order valence-electron chi connectivity index (χ4n) is 4.80. The number of aromatic hydroxyl groups is 1. The Morgan fingerprint density at radius 1 is 1.10 bits per heavy atom. The maximum absolute atomic E-state index is 13.1. The van der Waals surface area contributed by atoms with Crippen LogP contribution in [0.4, 0.5) is 0 Å². The highest BCUT2D eigenvalue weighted by molar-refractivity contribution is 5.66. The number of carboxylic acid groups (broad SMARTS) is 1. The summed E-state index contributed by atoms with van der Waals surface area (Å²) in [7, 11) is 0. The normalized spacial score (nSPS) is 22.1. The molecule has 2 heterocycles. The highest BCUT2D eigenvalue weighted by Gasteiger charge is 2.27. The van der Waals surface area contributed by atoms with Gasteiger partial charge in [-0.25, -0.2) is 4.79 Å². The Labute approximate surface area is 170 Å². The van der Waals surface area contributed by atoms with Gasteiger partial charge >= 0.3 is 11.7 Å². The quantitative estimate of drug-likeness (QED) is 0.718. The zero-order valence-electron chi connectivity index (χ0n) is 16.6. The van der Waals surface area contributed by atoms with Crippen LogP contribution < -0.4 is 11.0 Å². The maximum atomic E-state index is 13.1. The van der Waals surface area contributed by atoms with Crippen molar-refractivity contribution < 1.29 is 15.0 Å². The number of fused-ring (bicyclic) bond motifs is 1. The van der Waals surface area contributed by atoms with E-state index in [1.54, 1.807) is 4.57 Å². The van der Waals surface area contributed by atoms with Gasteiger partial charge in [0.1, 0.15) is 0 Å². The molecule has 0 amide bonds. The minimum absolute atomic E-state index is 0.000551. The third-order valence-corrected chi connectivity index (χ3v) is 6.46. The molecule has 7 heteroatoms. The molecule has 4 rings (SSSR count). The topological polar surface area (TPSA) is 96.5 Å². The minimum Gasteiger partial charge on any atom is -0.493 e. The molecule has 1 fully saturated rings. The second kappa shape index (κ2) is 8.45. The Bertz CT molecular complexity index is 938. The minimum atomic E-state index is -0.755. The van der Waals surface area contributed by atoms with E-state index in [1.165, 1.54) is 21.9 Å². The lowest BCUT2D eigenvalue weighted by molar-refractivity contribution is -0.137. The van der Waals surface area contributed by atoms with E-state index < -0.39 is 5.97 Å². The summed E-state index contributed by atoms with van der Waals surface area (Å²) in [6.07, 6.45) is 7.69. The van der Waals surface area contributed by atoms with Crippen LogP contribution >= 0.6 is 0 Å². The Kier molecular flexibility index (Phi) is 5.76. The van der Waals surface area contributed by atoms with Gasteiger partial charge in [0.2, 0.25) is 5.88 Å². The number of aliphatic carboxylic acids is 1. The number of imidazole rings is 1. The Hall–Kier alpha value is -2.54. The SMILES string of the molecule is O=C(O)CCC1CCC(n2c(O)cn(-c3ccc4c(c3)CCNCC4)c2=O)CC1. The molecule has 1 aromatic heterocycles. The van der Waals surface area contributed by atoms with Crippen molar-refractivity contribution in [2.75, 3.05) is 13.1 Å². The molecule has 1 aliphatic carbocycles. The van der Waals surface area contributed by atoms with Crippen LogP contribution in [0, 0.1) is 5.92 Å². The monoisotopic (exact) mass is 399 g/mol. The molecule has 156 valence electrons. The number of hydrogen-bond acceptors (Lipinski definition) is 4. The van der Waals surface area contributed by atoms with E-state index in [4.69, 9.17) is 5.11 Å². The molecule has 1 aromatic carbocycles. The van der Waals surface area contributed by atoms with Crippen LogP contribution in [0.5, 0.6) is 5.88 Å². The Morgan fingerprint density at radius 3 is 2.55 bits per heavy atom. The summed E-state index contributed by atoms with van der Waals surface area (Å²) in [4.78, 5) is 23.9. The number of carboxylic acids is 1. The van der Waals surface area contributed by atoms with Gasteiger partial charge in [-0.2, -0.15) is 0 Å². The van der Waals surface area contributed by atoms with E-state index in [9.17, 15) is 14.7 Å². The number of rotatable bonds is 5. The summed E-state index contributed by atoms with van der Waals surface area (Å²) in [6.45, 7) is 1.90. The molecule has 0 spiro atoms. The van der Waals surface area contributed by atoms with Gasteiger partial charge in [0, 0.05) is 12.5 Å². The number of benzene rings is 1. The van der Waals surface area contributed by atoms with Crippen molar-refractivity contribution in [3.8, 4) is 11.6 Å². The zero-order valence-corrected chi connectivity index (χ0v) is 16.6. The van der Waals surface area contributed by atoms with Crippen molar-refractivity contribution in [1.82, 2.24) is 14.5 Å². The van der Waals surface area contributed by atoms with Crippen LogP contribution in [0.1, 0.15) is 55.7 Å². The smallest absolute Gasteiger partial charge is 0.335 e. The highest BCUT2D eigenvalue weighted by Crippen LogP contribution is 2.35. The van der Waals surface area contributed by atoms with Gasteiger partial charge in [-0.1, -0.05) is 6.07 Å². The maximum Gasteiger partial charge on any atom is 0.335 e. The summed E-state index contributed by atoms with van der Waals surface area (Å²) in [5, 5.41) is 22.8. The molecule has 0 saturated heterocycles. The molecule has 0 atom stereocenters. The molecule has 0 bridgehead atoms. The lowest BCUT2D eigenvalue weighted by atomic mass is 9.83. The van der Waals surface area contributed by atoms with Crippen LogP contribution in [0.3, 0.4) is 0 Å². The fraction of sp³-hybridized carbons (Fsp3) is 0.545. The molecule has 2 aliphatic rings. The second-order valence-corrected chi connectivity index (χ2v) is 8.32. The molecule has 2 aromatic rings. The standard InChI is InChI=1S/C22H29N3O4/c26-20-14-24(19-7-4-16-9-11-23-12-10-17(16)13-19)22(29)25(20)18-5-1-15(2-6-18)3-8-21(27)28/h4,7,13-15,18,23,26H,1-3,5-6,8-12H2,(H,27,28). The third-order valence-electron chi connectivity index (χ3n) is 6.46. The fourth-order valence-corrected chi connectivity index (χ4v) is 4.80. The lowest BCUT2D eigenvalue weighted by Crippen LogP contribution is -2.29. The first-order valence-corrected chi connectivity index (χ1v) is 10.6. The number of nitrogens with one attached hydrogen (secondary N) is 1. The molecule has 3 N–H and O–H groups in total. The average molecular weight is 399 g/mol. The first-order valence-electron chi connectivity index (χ1n) is 10.6. The summed E-state index contributed by atoms with van der Waals surface area (Å²) in [6, 6.07) is 6.08.